The Balaban J connectivity index is 0.000000541. The molecule has 0 aromatic heterocycles. The first-order valence-corrected chi connectivity index (χ1v) is 8.47. The van der Waals surface area contributed by atoms with Gasteiger partial charge in [-0.2, -0.15) is 0 Å². The normalized spacial score (nSPS) is 10.8. The first-order valence-electron chi connectivity index (χ1n) is 6.69. The summed E-state index contributed by atoms with van der Waals surface area (Å²) in [6, 6.07) is 18.7. The number of carbonyl (C=O) groups is 1. The van der Waals surface area contributed by atoms with Gasteiger partial charge in [0.15, 0.2) is 7.14 Å². The van der Waals surface area contributed by atoms with Crippen molar-refractivity contribution in [2.45, 2.75) is 6.92 Å². The average molecular weight is 318 g/mol. The Kier molecular flexibility index (Phi) is 7.30. The van der Waals surface area contributed by atoms with E-state index in [0.717, 1.165) is 17.5 Å². The number of benzene rings is 2. The van der Waals surface area contributed by atoms with E-state index in [-0.39, 0.29) is 6.61 Å². The van der Waals surface area contributed by atoms with Crippen molar-refractivity contribution in [3.8, 4) is 0 Å². The van der Waals surface area contributed by atoms with E-state index < -0.39 is 13.1 Å². The monoisotopic (exact) mass is 318 g/mol. The molecule has 0 amide bonds. The standard InChI is InChI=1S/C15H15O2P.C2H4O2/c16-12-7-13-18(17,14-8-3-1-4-9-14)15-10-5-2-6-11-15;1-2(3)4/h1-11,13,16H,12H2;1H3,(H,3,4). The molecule has 5 heteroatoms. The maximum Gasteiger partial charge on any atom is 0.300 e. The summed E-state index contributed by atoms with van der Waals surface area (Å²) < 4.78 is 13.2. The Morgan fingerprint density at radius 1 is 1.00 bits per heavy atom. The van der Waals surface area contributed by atoms with Gasteiger partial charge in [-0.25, -0.2) is 0 Å². The molecule has 2 aromatic rings. The van der Waals surface area contributed by atoms with E-state index in [1.54, 1.807) is 11.9 Å². The van der Waals surface area contributed by atoms with E-state index in [2.05, 4.69) is 0 Å². The summed E-state index contributed by atoms with van der Waals surface area (Å²) in [7, 11) is -2.78. The third kappa shape index (κ3) is 5.32. The summed E-state index contributed by atoms with van der Waals surface area (Å²) in [4.78, 5) is 9.00. The van der Waals surface area contributed by atoms with Crippen molar-refractivity contribution in [3.05, 3.63) is 72.6 Å². The number of aliphatic hydroxyl groups is 1. The van der Waals surface area contributed by atoms with Crippen LogP contribution >= 0.6 is 7.14 Å². The van der Waals surface area contributed by atoms with Crippen molar-refractivity contribution in [1.29, 1.82) is 0 Å². The van der Waals surface area contributed by atoms with Crippen LogP contribution in [0.1, 0.15) is 6.92 Å². The van der Waals surface area contributed by atoms with Crippen LogP contribution in [0.4, 0.5) is 0 Å². The average Bonchev–Trinajstić information content (AvgIpc) is 2.54. The fourth-order valence-corrected chi connectivity index (χ4v) is 4.08. The Morgan fingerprint density at radius 3 is 1.68 bits per heavy atom. The van der Waals surface area contributed by atoms with E-state index in [4.69, 9.17) is 15.0 Å². The first kappa shape index (κ1) is 17.9. The lowest BCUT2D eigenvalue weighted by atomic mass is 10.4. The summed E-state index contributed by atoms with van der Waals surface area (Å²) in [6.07, 6.45) is 1.54. The molecule has 4 nitrogen and oxygen atoms in total. The minimum Gasteiger partial charge on any atom is -0.481 e. The van der Waals surface area contributed by atoms with Crippen molar-refractivity contribution in [2.24, 2.45) is 0 Å². The van der Waals surface area contributed by atoms with Gasteiger partial charge in [0.2, 0.25) is 0 Å². The van der Waals surface area contributed by atoms with Crippen LogP contribution in [0.5, 0.6) is 0 Å². The molecule has 0 bridgehead atoms. The Hall–Kier alpha value is -2.16. The molecule has 0 unspecified atom stereocenters. The van der Waals surface area contributed by atoms with Gasteiger partial charge in [-0.1, -0.05) is 66.7 Å². The van der Waals surface area contributed by atoms with Crippen LogP contribution < -0.4 is 10.6 Å². The van der Waals surface area contributed by atoms with Crippen molar-refractivity contribution in [1.82, 2.24) is 0 Å². The second-order valence-corrected chi connectivity index (χ2v) is 7.06. The molecule has 116 valence electrons. The van der Waals surface area contributed by atoms with Gasteiger partial charge in [0, 0.05) is 17.5 Å². The maximum atomic E-state index is 13.2. The highest BCUT2D eigenvalue weighted by Crippen LogP contribution is 2.44. The zero-order valence-electron chi connectivity index (χ0n) is 12.3. The van der Waals surface area contributed by atoms with E-state index in [9.17, 15) is 4.57 Å². The molecular weight excluding hydrogens is 299 g/mol. The minimum atomic E-state index is -2.78. The van der Waals surface area contributed by atoms with Crippen molar-refractivity contribution < 1.29 is 19.6 Å². The van der Waals surface area contributed by atoms with Crippen LogP contribution in [0.2, 0.25) is 0 Å². The highest BCUT2D eigenvalue weighted by molar-refractivity contribution is 7.81. The molecule has 0 aliphatic rings. The van der Waals surface area contributed by atoms with E-state index in [1.165, 1.54) is 0 Å². The second-order valence-electron chi connectivity index (χ2n) is 4.42. The number of aliphatic carboxylic acids is 1. The summed E-state index contributed by atoms with van der Waals surface area (Å²) in [5, 5.41) is 17.9. The number of carboxylic acids is 1. The summed E-state index contributed by atoms with van der Waals surface area (Å²) in [5.41, 5.74) is 0. The van der Waals surface area contributed by atoms with Gasteiger partial charge in [0.1, 0.15) is 0 Å². The molecule has 0 aliphatic carbocycles. The smallest absolute Gasteiger partial charge is 0.300 e. The van der Waals surface area contributed by atoms with E-state index in [1.807, 2.05) is 60.7 Å². The lowest BCUT2D eigenvalue weighted by Gasteiger charge is -2.15. The molecule has 0 spiro atoms. The largest absolute Gasteiger partial charge is 0.481 e. The van der Waals surface area contributed by atoms with Gasteiger partial charge in [-0.15, -0.1) is 0 Å². The number of hydrogen-bond acceptors (Lipinski definition) is 3. The Labute approximate surface area is 130 Å². The van der Waals surface area contributed by atoms with Crippen LogP contribution in [0.15, 0.2) is 72.6 Å². The predicted molar refractivity (Wildman–Crippen MR) is 89.3 cm³/mol. The van der Waals surface area contributed by atoms with Gasteiger partial charge in [-0.3, -0.25) is 4.79 Å². The molecule has 0 saturated carbocycles. The first-order chi connectivity index (χ1) is 10.5. The van der Waals surface area contributed by atoms with Crippen LogP contribution in [0, 0.1) is 0 Å². The van der Waals surface area contributed by atoms with E-state index >= 15 is 0 Å². The molecular formula is C17H19O4P. The topological polar surface area (TPSA) is 74.6 Å². The molecule has 0 aliphatic heterocycles. The zero-order valence-corrected chi connectivity index (χ0v) is 13.2. The van der Waals surface area contributed by atoms with Crippen molar-refractivity contribution >= 4 is 23.7 Å². The van der Waals surface area contributed by atoms with E-state index in [0.29, 0.717) is 0 Å². The lowest BCUT2D eigenvalue weighted by Crippen LogP contribution is -2.13. The third-order valence-corrected chi connectivity index (χ3v) is 5.46. The molecule has 2 N–H and O–H groups in total. The molecule has 0 radical (unpaired) electrons. The molecule has 0 saturated heterocycles. The van der Waals surface area contributed by atoms with Crippen LogP contribution in [-0.2, 0) is 9.36 Å². The molecule has 2 aromatic carbocycles. The highest BCUT2D eigenvalue weighted by Gasteiger charge is 2.23. The number of rotatable bonds is 4. The molecule has 0 atom stereocenters. The van der Waals surface area contributed by atoms with Gasteiger partial charge < -0.3 is 14.8 Å². The second kappa shape index (κ2) is 8.98. The SMILES string of the molecule is CC(=O)O.O=P(C=CCO)(c1ccccc1)c1ccccc1. The number of aliphatic hydroxyl groups excluding tert-OH is 1. The summed E-state index contributed by atoms with van der Waals surface area (Å²) >= 11 is 0. The quantitative estimate of drug-likeness (QED) is 0.850. The number of carboxylic acid groups (broad SMARTS) is 1. The summed E-state index contributed by atoms with van der Waals surface area (Å²) in [5.74, 6) is 0.789. The lowest BCUT2D eigenvalue weighted by molar-refractivity contribution is -0.134. The Bertz CT molecular complexity index is 603. The third-order valence-electron chi connectivity index (χ3n) is 2.70. The van der Waals surface area contributed by atoms with Gasteiger partial charge in [-0.05, 0) is 5.82 Å². The molecule has 0 fully saturated rings. The minimum absolute atomic E-state index is 0.107. The van der Waals surface area contributed by atoms with Crippen LogP contribution in [0.25, 0.3) is 0 Å². The zero-order chi connectivity index (χ0) is 16.4. The summed E-state index contributed by atoms with van der Waals surface area (Å²) in [6.45, 7) is 0.976. The predicted octanol–water partition coefficient (Wildman–Crippen LogP) is 2.60. The number of hydrogen-bond donors (Lipinski definition) is 2. The van der Waals surface area contributed by atoms with Gasteiger partial charge in [0.25, 0.3) is 5.97 Å². The fraction of sp³-hybridized carbons (Fsp3) is 0.118. The van der Waals surface area contributed by atoms with Crippen molar-refractivity contribution in [3.63, 3.8) is 0 Å². The van der Waals surface area contributed by atoms with Crippen molar-refractivity contribution in [2.75, 3.05) is 6.61 Å². The van der Waals surface area contributed by atoms with Crippen LogP contribution in [0.3, 0.4) is 0 Å². The highest BCUT2D eigenvalue weighted by atomic mass is 31.2. The molecule has 0 heterocycles. The fourth-order valence-electron chi connectivity index (χ4n) is 1.82. The molecule has 2 rings (SSSR count). The van der Waals surface area contributed by atoms with Gasteiger partial charge in [0.05, 0.1) is 6.61 Å². The van der Waals surface area contributed by atoms with Gasteiger partial charge >= 0.3 is 0 Å². The van der Waals surface area contributed by atoms with Crippen LogP contribution in [-0.4, -0.2) is 22.8 Å². The molecule has 22 heavy (non-hydrogen) atoms. The Morgan fingerprint density at radius 2 is 1.36 bits per heavy atom. The maximum absolute atomic E-state index is 13.2.